The molecule has 0 amide bonds. The summed E-state index contributed by atoms with van der Waals surface area (Å²) in [4.78, 5) is 2.30. The summed E-state index contributed by atoms with van der Waals surface area (Å²) >= 11 is 3.35. The van der Waals surface area contributed by atoms with Crippen LogP contribution in [0.4, 0.5) is 4.39 Å². The van der Waals surface area contributed by atoms with Gasteiger partial charge < -0.3 is 5.11 Å². The maximum Gasteiger partial charge on any atom is 0.123 e. The van der Waals surface area contributed by atoms with Crippen LogP contribution in [0.5, 0.6) is 0 Å². The first-order valence-electron chi connectivity index (χ1n) is 8.30. The predicted molar refractivity (Wildman–Crippen MR) is 109 cm³/mol. The van der Waals surface area contributed by atoms with Crippen LogP contribution in [0.25, 0.3) is 0 Å². The molecule has 132 valence electrons. The van der Waals surface area contributed by atoms with Crippen LogP contribution in [0.2, 0.25) is 0 Å². The molecular weight excluding hydrogens is 363 g/mol. The Bertz CT molecular complexity index is 790. The first-order valence-corrected chi connectivity index (χ1v) is 9.93. The summed E-state index contributed by atoms with van der Waals surface area (Å²) < 4.78 is 14.1. The molecule has 0 unspecified atom stereocenters. The Hall–Kier alpha value is -2.01. The van der Waals surface area contributed by atoms with Crippen molar-refractivity contribution in [1.29, 1.82) is 0 Å². The molecule has 0 saturated heterocycles. The number of hydrogen-bond acceptors (Lipinski definition) is 3. The SMILES string of the molecule is O[C@@H](CC=C(Sc1ccccc1)Sc1ccccc1)c1ccc(F)cc1. The second-order valence-electron chi connectivity index (χ2n) is 5.66. The predicted octanol–water partition coefficient (Wildman–Crippen LogP) is 6.68. The smallest absolute Gasteiger partial charge is 0.123 e. The highest BCUT2D eigenvalue weighted by Crippen LogP contribution is 2.39. The fourth-order valence-electron chi connectivity index (χ4n) is 2.34. The Kier molecular flexibility index (Phi) is 6.95. The summed E-state index contributed by atoms with van der Waals surface area (Å²) in [5.74, 6) is -0.295. The molecular formula is C22H19FOS2. The highest BCUT2D eigenvalue weighted by Gasteiger charge is 2.09. The van der Waals surface area contributed by atoms with E-state index in [-0.39, 0.29) is 5.82 Å². The molecule has 3 aromatic carbocycles. The largest absolute Gasteiger partial charge is 0.388 e. The quantitative estimate of drug-likeness (QED) is 0.461. The molecule has 0 spiro atoms. The summed E-state index contributed by atoms with van der Waals surface area (Å²) in [6.07, 6.45) is 1.86. The van der Waals surface area contributed by atoms with Gasteiger partial charge in [0.1, 0.15) is 5.82 Å². The van der Waals surface area contributed by atoms with Crippen molar-refractivity contribution in [2.24, 2.45) is 0 Å². The topological polar surface area (TPSA) is 20.2 Å². The third kappa shape index (κ3) is 5.77. The number of aliphatic hydroxyl groups excluding tert-OH is 1. The van der Waals surface area contributed by atoms with Gasteiger partial charge in [-0.05, 0) is 48.4 Å². The molecule has 0 aliphatic rings. The normalized spacial score (nSPS) is 11.8. The van der Waals surface area contributed by atoms with Crippen LogP contribution < -0.4 is 0 Å². The van der Waals surface area contributed by atoms with Gasteiger partial charge in [0, 0.05) is 14.0 Å². The molecule has 0 saturated carbocycles. The van der Waals surface area contributed by atoms with E-state index in [9.17, 15) is 9.50 Å². The average molecular weight is 383 g/mol. The Morgan fingerprint density at radius 2 is 1.31 bits per heavy atom. The van der Waals surface area contributed by atoms with Crippen LogP contribution in [0.3, 0.4) is 0 Å². The van der Waals surface area contributed by atoms with Gasteiger partial charge in [-0.25, -0.2) is 4.39 Å². The van der Waals surface area contributed by atoms with Crippen LogP contribution in [0.15, 0.2) is 105 Å². The summed E-state index contributed by atoms with van der Waals surface area (Å²) in [5, 5.41) is 10.4. The van der Waals surface area contributed by atoms with Gasteiger partial charge in [-0.2, -0.15) is 0 Å². The minimum absolute atomic E-state index is 0.295. The monoisotopic (exact) mass is 382 g/mol. The van der Waals surface area contributed by atoms with Crippen molar-refractivity contribution in [3.05, 3.63) is 107 Å². The van der Waals surface area contributed by atoms with E-state index in [0.717, 1.165) is 19.6 Å². The van der Waals surface area contributed by atoms with Crippen molar-refractivity contribution >= 4 is 23.5 Å². The van der Waals surface area contributed by atoms with E-state index in [0.29, 0.717) is 6.42 Å². The molecule has 0 aliphatic carbocycles. The van der Waals surface area contributed by atoms with Crippen molar-refractivity contribution in [3.8, 4) is 0 Å². The first kappa shape index (κ1) is 18.8. The fourth-order valence-corrected chi connectivity index (χ4v) is 4.50. The molecule has 0 heterocycles. The zero-order valence-corrected chi connectivity index (χ0v) is 15.7. The molecule has 0 bridgehead atoms. The number of halogens is 1. The molecule has 1 N–H and O–H groups in total. The summed E-state index contributed by atoms with van der Waals surface area (Å²) in [6, 6.07) is 26.3. The number of benzene rings is 3. The lowest BCUT2D eigenvalue weighted by Crippen LogP contribution is -1.95. The molecule has 0 fully saturated rings. The summed E-state index contributed by atoms with van der Waals surface area (Å²) in [5.41, 5.74) is 0.719. The molecule has 3 rings (SSSR count). The van der Waals surface area contributed by atoms with Crippen molar-refractivity contribution in [1.82, 2.24) is 0 Å². The van der Waals surface area contributed by atoms with Gasteiger partial charge in [0.15, 0.2) is 0 Å². The summed E-state index contributed by atoms with van der Waals surface area (Å²) in [6.45, 7) is 0. The fraction of sp³-hybridized carbons (Fsp3) is 0.0909. The minimum atomic E-state index is -0.654. The zero-order valence-electron chi connectivity index (χ0n) is 14.1. The Morgan fingerprint density at radius 1 is 0.808 bits per heavy atom. The first-order chi connectivity index (χ1) is 12.7. The van der Waals surface area contributed by atoms with Crippen LogP contribution in [0.1, 0.15) is 18.1 Å². The van der Waals surface area contributed by atoms with E-state index in [1.807, 2.05) is 42.5 Å². The Balaban J connectivity index is 1.75. The minimum Gasteiger partial charge on any atom is -0.388 e. The third-order valence-corrected chi connectivity index (χ3v) is 5.94. The molecule has 0 radical (unpaired) electrons. The average Bonchev–Trinajstić information content (AvgIpc) is 2.68. The van der Waals surface area contributed by atoms with E-state index < -0.39 is 6.10 Å². The van der Waals surface area contributed by atoms with Gasteiger partial charge >= 0.3 is 0 Å². The molecule has 4 heteroatoms. The lowest BCUT2D eigenvalue weighted by Gasteiger charge is -2.11. The number of rotatable bonds is 7. The van der Waals surface area contributed by atoms with E-state index in [1.54, 1.807) is 35.7 Å². The van der Waals surface area contributed by atoms with Crippen molar-refractivity contribution in [2.75, 3.05) is 0 Å². The number of hydrogen-bond donors (Lipinski definition) is 1. The summed E-state index contributed by atoms with van der Waals surface area (Å²) in [7, 11) is 0. The van der Waals surface area contributed by atoms with Crippen LogP contribution in [0, 0.1) is 5.82 Å². The number of aliphatic hydroxyl groups is 1. The van der Waals surface area contributed by atoms with E-state index in [1.165, 1.54) is 12.1 Å². The molecule has 0 aliphatic heterocycles. The maximum absolute atomic E-state index is 13.0. The van der Waals surface area contributed by atoms with Gasteiger partial charge in [0.05, 0.1) is 6.10 Å². The van der Waals surface area contributed by atoms with Gasteiger partial charge in [-0.15, -0.1) is 0 Å². The van der Waals surface area contributed by atoms with E-state index >= 15 is 0 Å². The van der Waals surface area contributed by atoms with Crippen LogP contribution in [-0.2, 0) is 0 Å². The van der Waals surface area contributed by atoms with Gasteiger partial charge in [-0.1, -0.05) is 78.1 Å². The van der Waals surface area contributed by atoms with Crippen molar-refractivity contribution < 1.29 is 9.50 Å². The van der Waals surface area contributed by atoms with Crippen LogP contribution >= 0.6 is 23.5 Å². The van der Waals surface area contributed by atoms with Gasteiger partial charge in [0.2, 0.25) is 0 Å². The molecule has 0 aromatic heterocycles. The van der Waals surface area contributed by atoms with Crippen molar-refractivity contribution in [3.63, 3.8) is 0 Å². The number of thioether (sulfide) groups is 2. The second-order valence-corrected chi connectivity index (χ2v) is 8.15. The second kappa shape index (κ2) is 9.62. The third-order valence-electron chi connectivity index (χ3n) is 3.69. The lowest BCUT2D eigenvalue weighted by atomic mass is 10.1. The molecule has 26 heavy (non-hydrogen) atoms. The van der Waals surface area contributed by atoms with Gasteiger partial charge in [0.25, 0.3) is 0 Å². The van der Waals surface area contributed by atoms with E-state index in [2.05, 4.69) is 24.3 Å². The maximum atomic E-state index is 13.0. The Labute approximate surface area is 162 Å². The molecule has 1 atom stereocenters. The van der Waals surface area contributed by atoms with Crippen molar-refractivity contribution in [2.45, 2.75) is 22.3 Å². The zero-order chi connectivity index (χ0) is 18.2. The van der Waals surface area contributed by atoms with Gasteiger partial charge in [-0.3, -0.25) is 0 Å². The van der Waals surface area contributed by atoms with Crippen LogP contribution in [-0.4, -0.2) is 5.11 Å². The van der Waals surface area contributed by atoms with E-state index in [4.69, 9.17) is 0 Å². The standard InChI is InChI=1S/C22H19FOS2/c23-18-13-11-17(12-14-18)21(24)15-16-22(25-19-7-3-1-4-8-19)26-20-9-5-2-6-10-20/h1-14,16,21,24H,15H2/t21-/m0/s1. The molecule has 1 nitrogen and oxygen atoms in total. The highest BCUT2D eigenvalue weighted by molar-refractivity contribution is 8.22. The Morgan fingerprint density at radius 3 is 1.81 bits per heavy atom. The molecule has 3 aromatic rings. The lowest BCUT2D eigenvalue weighted by molar-refractivity contribution is 0.181. The highest BCUT2D eigenvalue weighted by atomic mass is 32.2.